The molecule has 0 fully saturated rings. The molecule has 0 atom stereocenters. The minimum atomic E-state index is 1.20. The van der Waals surface area contributed by atoms with Gasteiger partial charge in [0.2, 0.25) is 0 Å². The van der Waals surface area contributed by atoms with Gasteiger partial charge in [0.25, 0.3) is 0 Å². The van der Waals surface area contributed by atoms with Crippen molar-refractivity contribution in [3.8, 4) is 5.69 Å². The third kappa shape index (κ3) is 1.68. The summed E-state index contributed by atoms with van der Waals surface area (Å²) in [6.45, 7) is 0. The van der Waals surface area contributed by atoms with Crippen LogP contribution < -0.4 is 0 Å². The van der Waals surface area contributed by atoms with E-state index in [1.807, 2.05) is 11.3 Å². The van der Waals surface area contributed by atoms with Crippen LogP contribution in [0.5, 0.6) is 0 Å². The van der Waals surface area contributed by atoms with E-state index < -0.39 is 0 Å². The van der Waals surface area contributed by atoms with Crippen molar-refractivity contribution in [1.82, 2.24) is 9.55 Å². The molecule has 1 N–H and O–H groups in total. The average Bonchev–Trinajstić information content (AvgIpc) is 3.33. The van der Waals surface area contributed by atoms with Gasteiger partial charge in [-0.25, -0.2) is 0 Å². The standard InChI is InChI=1S/C22H14N2S/c1-2-6-14(7-3-1)24-18-11-10-16-15-8-4-5-9-17(15)23-21(16)20(18)22-19(24)12-13-25-22/h1-13,23H. The van der Waals surface area contributed by atoms with Crippen LogP contribution >= 0.6 is 11.3 Å². The summed E-state index contributed by atoms with van der Waals surface area (Å²) in [6.07, 6.45) is 0. The number of para-hydroxylation sites is 2. The first kappa shape index (κ1) is 13.3. The number of nitrogens with one attached hydrogen (secondary N) is 1. The maximum atomic E-state index is 3.66. The highest BCUT2D eigenvalue weighted by molar-refractivity contribution is 7.18. The Morgan fingerprint density at radius 1 is 0.720 bits per heavy atom. The Balaban J connectivity index is 1.87. The second kappa shape index (κ2) is 4.74. The minimum absolute atomic E-state index is 1.20. The minimum Gasteiger partial charge on any atom is -0.354 e. The molecule has 0 spiro atoms. The predicted octanol–water partition coefficient (Wildman–Crippen LogP) is 6.48. The molecule has 0 amide bonds. The maximum absolute atomic E-state index is 3.66. The average molecular weight is 338 g/mol. The predicted molar refractivity (Wildman–Crippen MR) is 108 cm³/mol. The van der Waals surface area contributed by atoms with Gasteiger partial charge in [-0.15, -0.1) is 11.3 Å². The van der Waals surface area contributed by atoms with E-state index in [4.69, 9.17) is 0 Å². The van der Waals surface area contributed by atoms with Crippen LogP contribution in [0.2, 0.25) is 0 Å². The van der Waals surface area contributed by atoms with Crippen LogP contribution in [-0.2, 0) is 0 Å². The fourth-order valence-corrected chi connectivity index (χ4v) is 4.91. The summed E-state index contributed by atoms with van der Waals surface area (Å²) in [7, 11) is 0. The molecule has 3 aromatic carbocycles. The molecule has 3 heterocycles. The molecule has 0 aliphatic rings. The van der Waals surface area contributed by atoms with Gasteiger partial charge in [-0.1, -0.05) is 42.5 Å². The number of H-pyrrole nitrogens is 1. The van der Waals surface area contributed by atoms with Crippen molar-refractivity contribution in [3.63, 3.8) is 0 Å². The van der Waals surface area contributed by atoms with E-state index >= 15 is 0 Å². The van der Waals surface area contributed by atoms with E-state index in [1.165, 1.54) is 48.6 Å². The van der Waals surface area contributed by atoms with E-state index in [0.717, 1.165) is 0 Å². The Bertz CT molecular complexity index is 1380. The molecule has 25 heavy (non-hydrogen) atoms. The zero-order valence-corrected chi connectivity index (χ0v) is 14.2. The van der Waals surface area contributed by atoms with Crippen molar-refractivity contribution >= 4 is 54.3 Å². The molecule has 0 aliphatic heterocycles. The molecular weight excluding hydrogens is 324 g/mol. The van der Waals surface area contributed by atoms with Gasteiger partial charge in [0.05, 0.1) is 21.3 Å². The lowest BCUT2D eigenvalue weighted by Crippen LogP contribution is -1.92. The van der Waals surface area contributed by atoms with Crippen molar-refractivity contribution < 1.29 is 0 Å². The molecule has 3 aromatic heterocycles. The number of nitrogens with zero attached hydrogens (tertiary/aromatic N) is 1. The lowest BCUT2D eigenvalue weighted by Gasteiger charge is -2.06. The van der Waals surface area contributed by atoms with Crippen molar-refractivity contribution in [3.05, 3.63) is 78.2 Å². The molecule has 2 nitrogen and oxygen atoms in total. The van der Waals surface area contributed by atoms with Crippen molar-refractivity contribution in [2.75, 3.05) is 0 Å². The summed E-state index contributed by atoms with van der Waals surface area (Å²) in [5.41, 5.74) is 6.17. The molecule has 0 saturated heterocycles. The molecule has 6 aromatic rings. The second-order valence-electron chi connectivity index (χ2n) is 6.36. The van der Waals surface area contributed by atoms with Gasteiger partial charge in [-0.2, -0.15) is 0 Å². The van der Waals surface area contributed by atoms with Gasteiger partial charge in [-0.3, -0.25) is 0 Å². The lowest BCUT2D eigenvalue weighted by atomic mass is 10.1. The third-order valence-electron chi connectivity index (χ3n) is 5.03. The van der Waals surface area contributed by atoms with Gasteiger partial charge in [0.1, 0.15) is 0 Å². The van der Waals surface area contributed by atoms with Crippen molar-refractivity contribution in [2.24, 2.45) is 0 Å². The van der Waals surface area contributed by atoms with E-state index in [-0.39, 0.29) is 0 Å². The number of hydrogen-bond donors (Lipinski definition) is 1. The van der Waals surface area contributed by atoms with E-state index in [9.17, 15) is 0 Å². The molecule has 118 valence electrons. The first-order valence-electron chi connectivity index (χ1n) is 8.38. The highest BCUT2D eigenvalue weighted by Crippen LogP contribution is 2.40. The molecule has 0 aliphatic carbocycles. The second-order valence-corrected chi connectivity index (χ2v) is 7.27. The SMILES string of the molecule is c1ccc(-n2c3ccsc3c3c4[nH]c5ccccc5c4ccc32)cc1. The Hall–Kier alpha value is -3.04. The number of aromatic amines is 1. The maximum Gasteiger partial charge on any atom is 0.0649 e. The smallest absolute Gasteiger partial charge is 0.0649 e. The fourth-order valence-electron chi connectivity index (χ4n) is 3.97. The van der Waals surface area contributed by atoms with Gasteiger partial charge >= 0.3 is 0 Å². The molecule has 0 radical (unpaired) electrons. The highest BCUT2D eigenvalue weighted by atomic mass is 32.1. The van der Waals surface area contributed by atoms with Gasteiger partial charge in [0, 0.05) is 27.4 Å². The lowest BCUT2D eigenvalue weighted by molar-refractivity contribution is 1.18. The zero-order chi connectivity index (χ0) is 16.4. The summed E-state index contributed by atoms with van der Waals surface area (Å²) in [5.74, 6) is 0. The van der Waals surface area contributed by atoms with Crippen LogP contribution in [0, 0.1) is 0 Å². The van der Waals surface area contributed by atoms with Gasteiger partial charge < -0.3 is 9.55 Å². The van der Waals surface area contributed by atoms with Gasteiger partial charge in [-0.05, 0) is 35.7 Å². The topological polar surface area (TPSA) is 20.7 Å². The Labute approximate surface area is 147 Å². The number of hydrogen-bond acceptors (Lipinski definition) is 1. The van der Waals surface area contributed by atoms with Crippen LogP contribution in [0.15, 0.2) is 78.2 Å². The van der Waals surface area contributed by atoms with Crippen LogP contribution in [0.4, 0.5) is 0 Å². The number of rotatable bonds is 1. The number of fused-ring (bicyclic) bond motifs is 7. The summed E-state index contributed by atoms with van der Waals surface area (Å²) in [6, 6.07) is 25.9. The van der Waals surface area contributed by atoms with E-state index in [0.29, 0.717) is 0 Å². The number of thiophene rings is 1. The number of benzene rings is 3. The van der Waals surface area contributed by atoms with Crippen LogP contribution in [0.3, 0.4) is 0 Å². The summed E-state index contributed by atoms with van der Waals surface area (Å²) < 4.78 is 3.71. The Morgan fingerprint density at radius 3 is 2.48 bits per heavy atom. The highest BCUT2D eigenvalue weighted by Gasteiger charge is 2.17. The van der Waals surface area contributed by atoms with Crippen LogP contribution in [-0.4, -0.2) is 9.55 Å². The first-order valence-corrected chi connectivity index (χ1v) is 9.26. The van der Waals surface area contributed by atoms with Gasteiger partial charge in [0.15, 0.2) is 0 Å². The normalized spacial score (nSPS) is 12.0. The third-order valence-corrected chi connectivity index (χ3v) is 5.95. The fraction of sp³-hybridized carbons (Fsp3) is 0. The van der Waals surface area contributed by atoms with Crippen molar-refractivity contribution in [1.29, 1.82) is 0 Å². The molecule has 0 saturated carbocycles. The summed E-state index contributed by atoms with van der Waals surface area (Å²) >= 11 is 1.82. The molecule has 6 rings (SSSR count). The van der Waals surface area contributed by atoms with Crippen LogP contribution in [0.25, 0.3) is 48.6 Å². The first-order chi connectivity index (χ1) is 12.4. The Kier molecular flexibility index (Phi) is 2.52. The number of aromatic nitrogens is 2. The van der Waals surface area contributed by atoms with E-state index in [1.54, 1.807) is 0 Å². The summed E-state index contributed by atoms with van der Waals surface area (Å²) in [5, 5.41) is 6.09. The molecular formula is C22H14N2S. The molecule has 0 bridgehead atoms. The Morgan fingerprint density at radius 2 is 1.56 bits per heavy atom. The monoisotopic (exact) mass is 338 g/mol. The zero-order valence-electron chi connectivity index (χ0n) is 13.4. The summed E-state index contributed by atoms with van der Waals surface area (Å²) in [4.78, 5) is 3.66. The molecule has 0 unspecified atom stereocenters. The van der Waals surface area contributed by atoms with Crippen LogP contribution in [0.1, 0.15) is 0 Å². The largest absolute Gasteiger partial charge is 0.354 e. The van der Waals surface area contributed by atoms with Crippen molar-refractivity contribution in [2.45, 2.75) is 0 Å². The quantitative estimate of drug-likeness (QED) is 0.354. The van der Waals surface area contributed by atoms with E-state index in [2.05, 4.69) is 87.7 Å². The molecule has 3 heteroatoms.